The quantitative estimate of drug-likeness (QED) is 0.812. The van der Waals surface area contributed by atoms with Gasteiger partial charge in [-0.15, -0.1) is 0 Å². The second-order valence-electron chi connectivity index (χ2n) is 7.19. The maximum absolute atomic E-state index is 12.7. The van der Waals surface area contributed by atoms with Crippen LogP contribution >= 0.6 is 0 Å². The summed E-state index contributed by atoms with van der Waals surface area (Å²) in [5.41, 5.74) is 3.80. The highest BCUT2D eigenvalue weighted by atomic mass is 16.5. The summed E-state index contributed by atoms with van der Waals surface area (Å²) in [6, 6.07) is 13.1. The fourth-order valence-corrected chi connectivity index (χ4v) is 3.09. The topological polar surface area (TPSA) is 70.7 Å². The number of benzene rings is 2. The molecule has 0 unspecified atom stereocenters. The number of rotatable bonds is 5. The SMILES string of the molecule is CCOc1ccc2c(c1)CN(C(=O)Nc1ccc(NC(=O)C(C)C)cc1)CC2. The van der Waals surface area contributed by atoms with Gasteiger partial charge < -0.3 is 20.3 Å². The molecule has 0 saturated heterocycles. The molecule has 3 rings (SSSR count). The third-order valence-electron chi connectivity index (χ3n) is 4.72. The van der Waals surface area contributed by atoms with Crippen molar-refractivity contribution in [1.29, 1.82) is 0 Å². The molecule has 0 aliphatic carbocycles. The van der Waals surface area contributed by atoms with Gasteiger partial charge in [0.15, 0.2) is 0 Å². The molecule has 1 aliphatic heterocycles. The van der Waals surface area contributed by atoms with Crippen LogP contribution in [-0.2, 0) is 17.8 Å². The predicted octanol–water partition coefficient (Wildman–Crippen LogP) is 4.27. The van der Waals surface area contributed by atoms with Gasteiger partial charge in [-0.2, -0.15) is 0 Å². The lowest BCUT2D eigenvalue weighted by Crippen LogP contribution is -2.38. The first-order chi connectivity index (χ1) is 13.5. The zero-order valence-corrected chi connectivity index (χ0v) is 16.6. The fourth-order valence-electron chi connectivity index (χ4n) is 3.09. The molecule has 3 amide bonds. The number of amides is 3. The van der Waals surface area contributed by atoms with Gasteiger partial charge >= 0.3 is 6.03 Å². The summed E-state index contributed by atoms with van der Waals surface area (Å²) in [6.07, 6.45) is 0.829. The number of ether oxygens (including phenoxy) is 1. The van der Waals surface area contributed by atoms with Gasteiger partial charge in [-0.3, -0.25) is 4.79 Å². The first-order valence-electron chi connectivity index (χ1n) is 9.67. The Labute approximate surface area is 165 Å². The number of carbonyl (C=O) groups excluding carboxylic acids is 2. The molecule has 1 aliphatic rings. The van der Waals surface area contributed by atoms with Crippen LogP contribution in [0.5, 0.6) is 5.75 Å². The van der Waals surface area contributed by atoms with E-state index in [1.807, 2.05) is 32.9 Å². The maximum atomic E-state index is 12.7. The summed E-state index contributed by atoms with van der Waals surface area (Å²) in [7, 11) is 0. The lowest BCUT2D eigenvalue weighted by molar-refractivity contribution is -0.118. The van der Waals surface area contributed by atoms with Crippen LogP contribution in [0.15, 0.2) is 42.5 Å². The van der Waals surface area contributed by atoms with E-state index in [1.54, 1.807) is 29.2 Å². The Morgan fingerprint density at radius 1 is 1.04 bits per heavy atom. The Balaban J connectivity index is 1.60. The van der Waals surface area contributed by atoms with Crippen molar-refractivity contribution in [2.45, 2.75) is 33.7 Å². The minimum Gasteiger partial charge on any atom is -0.494 e. The molecule has 0 saturated carbocycles. The van der Waals surface area contributed by atoms with Gasteiger partial charge in [-0.05, 0) is 60.9 Å². The van der Waals surface area contributed by atoms with Crippen molar-refractivity contribution in [3.63, 3.8) is 0 Å². The molecule has 2 aromatic rings. The molecule has 0 fully saturated rings. The van der Waals surface area contributed by atoms with E-state index in [4.69, 9.17) is 4.74 Å². The van der Waals surface area contributed by atoms with Crippen molar-refractivity contribution in [2.75, 3.05) is 23.8 Å². The third kappa shape index (κ3) is 4.82. The summed E-state index contributed by atoms with van der Waals surface area (Å²) < 4.78 is 5.57. The largest absolute Gasteiger partial charge is 0.494 e. The minimum absolute atomic E-state index is 0.0322. The van der Waals surface area contributed by atoms with Crippen LogP contribution in [-0.4, -0.2) is 30.0 Å². The van der Waals surface area contributed by atoms with E-state index >= 15 is 0 Å². The van der Waals surface area contributed by atoms with Crippen molar-refractivity contribution in [3.05, 3.63) is 53.6 Å². The number of fused-ring (bicyclic) bond motifs is 1. The van der Waals surface area contributed by atoms with Crippen LogP contribution in [0.3, 0.4) is 0 Å². The normalized spacial score (nSPS) is 13.1. The number of anilines is 2. The molecule has 2 N–H and O–H groups in total. The van der Waals surface area contributed by atoms with E-state index in [1.165, 1.54) is 5.56 Å². The summed E-state index contributed by atoms with van der Waals surface area (Å²) in [6.45, 7) is 7.51. The molecular formula is C22H27N3O3. The Hall–Kier alpha value is -3.02. The summed E-state index contributed by atoms with van der Waals surface area (Å²) >= 11 is 0. The van der Waals surface area contributed by atoms with Gasteiger partial charge in [-0.25, -0.2) is 4.79 Å². The van der Waals surface area contributed by atoms with Gasteiger partial charge in [0.1, 0.15) is 5.75 Å². The Morgan fingerprint density at radius 3 is 2.36 bits per heavy atom. The van der Waals surface area contributed by atoms with Gasteiger partial charge in [0, 0.05) is 30.4 Å². The van der Waals surface area contributed by atoms with Gasteiger partial charge in [0.25, 0.3) is 0 Å². The zero-order chi connectivity index (χ0) is 20.1. The van der Waals surface area contributed by atoms with Crippen LogP contribution in [0.25, 0.3) is 0 Å². The van der Waals surface area contributed by atoms with Crippen molar-refractivity contribution >= 4 is 23.3 Å². The molecular weight excluding hydrogens is 354 g/mol. The molecule has 28 heavy (non-hydrogen) atoms. The molecule has 148 valence electrons. The Morgan fingerprint density at radius 2 is 1.71 bits per heavy atom. The lowest BCUT2D eigenvalue weighted by Gasteiger charge is -2.29. The summed E-state index contributed by atoms with van der Waals surface area (Å²) in [5.74, 6) is 0.724. The van der Waals surface area contributed by atoms with Crippen molar-refractivity contribution in [2.24, 2.45) is 5.92 Å². The highest BCUT2D eigenvalue weighted by molar-refractivity contribution is 5.93. The van der Waals surface area contributed by atoms with Crippen molar-refractivity contribution < 1.29 is 14.3 Å². The fraction of sp³-hybridized carbons (Fsp3) is 0.364. The second-order valence-corrected chi connectivity index (χ2v) is 7.19. The Kier molecular flexibility index (Phi) is 6.19. The highest BCUT2D eigenvalue weighted by Crippen LogP contribution is 2.24. The van der Waals surface area contributed by atoms with Crippen LogP contribution in [0.2, 0.25) is 0 Å². The molecule has 6 heteroatoms. The molecule has 6 nitrogen and oxygen atoms in total. The van der Waals surface area contributed by atoms with E-state index in [9.17, 15) is 9.59 Å². The van der Waals surface area contributed by atoms with E-state index in [0.29, 0.717) is 31.1 Å². The average molecular weight is 381 g/mol. The molecule has 0 atom stereocenters. The lowest BCUT2D eigenvalue weighted by atomic mass is 10.00. The minimum atomic E-state index is -0.133. The first-order valence-corrected chi connectivity index (χ1v) is 9.67. The van der Waals surface area contributed by atoms with Crippen LogP contribution in [0.1, 0.15) is 31.9 Å². The van der Waals surface area contributed by atoms with Crippen LogP contribution in [0.4, 0.5) is 16.2 Å². The third-order valence-corrected chi connectivity index (χ3v) is 4.72. The van der Waals surface area contributed by atoms with E-state index in [-0.39, 0.29) is 17.9 Å². The first kappa shape index (κ1) is 19.7. The Bertz CT molecular complexity index is 847. The number of hydrogen-bond donors (Lipinski definition) is 2. The number of nitrogens with zero attached hydrogens (tertiary/aromatic N) is 1. The number of carbonyl (C=O) groups is 2. The van der Waals surface area contributed by atoms with E-state index in [2.05, 4.69) is 16.7 Å². The van der Waals surface area contributed by atoms with Crippen molar-refractivity contribution in [1.82, 2.24) is 4.90 Å². The molecule has 1 heterocycles. The number of nitrogens with one attached hydrogen (secondary N) is 2. The standard InChI is InChI=1S/C22H27N3O3/c1-4-28-20-10-5-16-11-12-25(14-17(16)13-20)22(27)24-19-8-6-18(7-9-19)23-21(26)15(2)3/h5-10,13,15H,4,11-12,14H2,1-3H3,(H,23,26)(H,24,27). The monoisotopic (exact) mass is 381 g/mol. The van der Waals surface area contributed by atoms with Gasteiger partial charge in [-0.1, -0.05) is 19.9 Å². The number of urea groups is 1. The van der Waals surface area contributed by atoms with E-state index < -0.39 is 0 Å². The summed E-state index contributed by atoms with van der Waals surface area (Å²) in [5, 5.41) is 5.77. The van der Waals surface area contributed by atoms with Crippen molar-refractivity contribution in [3.8, 4) is 5.75 Å². The molecule has 0 aromatic heterocycles. The van der Waals surface area contributed by atoms with Crippen LogP contribution < -0.4 is 15.4 Å². The molecule has 0 spiro atoms. The summed E-state index contributed by atoms with van der Waals surface area (Å²) in [4.78, 5) is 26.2. The molecule has 0 radical (unpaired) electrons. The highest BCUT2D eigenvalue weighted by Gasteiger charge is 2.21. The molecule has 0 bridgehead atoms. The second kappa shape index (κ2) is 8.78. The number of hydrogen-bond acceptors (Lipinski definition) is 3. The smallest absolute Gasteiger partial charge is 0.322 e. The zero-order valence-electron chi connectivity index (χ0n) is 16.6. The predicted molar refractivity (Wildman–Crippen MR) is 111 cm³/mol. The van der Waals surface area contributed by atoms with Gasteiger partial charge in [0.05, 0.1) is 6.61 Å². The maximum Gasteiger partial charge on any atom is 0.322 e. The van der Waals surface area contributed by atoms with Gasteiger partial charge in [0.2, 0.25) is 5.91 Å². The average Bonchev–Trinajstić information content (AvgIpc) is 2.69. The van der Waals surface area contributed by atoms with Crippen LogP contribution in [0, 0.1) is 5.92 Å². The van der Waals surface area contributed by atoms with E-state index in [0.717, 1.165) is 17.7 Å². The molecule has 2 aromatic carbocycles.